The van der Waals surface area contributed by atoms with Crippen molar-refractivity contribution in [2.24, 2.45) is 0 Å². The summed E-state index contributed by atoms with van der Waals surface area (Å²) in [7, 11) is 3.23. The quantitative estimate of drug-likeness (QED) is 0.806. The van der Waals surface area contributed by atoms with Crippen molar-refractivity contribution in [2.75, 3.05) is 27.3 Å². The highest BCUT2D eigenvalue weighted by atomic mass is 79.9. The Morgan fingerprint density at radius 1 is 1.36 bits per heavy atom. The number of carbonyl (C=O) groups is 1. The molecule has 0 radical (unpaired) electrons. The van der Waals surface area contributed by atoms with Gasteiger partial charge in [-0.1, -0.05) is 6.07 Å². The topological polar surface area (TPSA) is 59.6 Å². The molecular formula is C15H22BrClN2O3. The summed E-state index contributed by atoms with van der Waals surface area (Å²) in [5.41, 5.74) is 0.311. The van der Waals surface area contributed by atoms with E-state index in [1.165, 1.54) is 0 Å². The highest BCUT2D eigenvalue weighted by Crippen LogP contribution is 2.26. The number of benzene rings is 1. The van der Waals surface area contributed by atoms with Crippen molar-refractivity contribution in [3.63, 3.8) is 0 Å². The maximum absolute atomic E-state index is 12.4. The molecule has 0 saturated carbocycles. The minimum atomic E-state index is -0.699. The molecule has 5 nitrogen and oxygen atoms in total. The Hall–Kier alpha value is -0.820. The molecule has 1 heterocycles. The van der Waals surface area contributed by atoms with E-state index < -0.39 is 5.60 Å². The van der Waals surface area contributed by atoms with Crippen molar-refractivity contribution in [3.8, 4) is 5.75 Å². The molecule has 0 bridgehead atoms. The summed E-state index contributed by atoms with van der Waals surface area (Å²) in [5, 5.41) is 6.21. The first-order chi connectivity index (χ1) is 10.1. The molecule has 7 heteroatoms. The second-order valence-electron chi connectivity index (χ2n) is 5.10. The summed E-state index contributed by atoms with van der Waals surface area (Å²) < 4.78 is 11.6. The first-order valence-electron chi connectivity index (χ1n) is 6.98. The highest BCUT2D eigenvalue weighted by Gasteiger charge is 2.39. The SMILES string of the molecule is COc1ccc(CNC(=O)C2(OC)CCNCC2)cc1Br.Cl. The average molecular weight is 394 g/mol. The van der Waals surface area contributed by atoms with E-state index in [4.69, 9.17) is 9.47 Å². The fourth-order valence-corrected chi connectivity index (χ4v) is 3.11. The molecular weight excluding hydrogens is 372 g/mol. The van der Waals surface area contributed by atoms with Crippen LogP contribution in [-0.4, -0.2) is 38.8 Å². The predicted molar refractivity (Wildman–Crippen MR) is 91.6 cm³/mol. The predicted octanol–water partition coefficient (Wildman–Crippen LogP) is 2.26. The Kier molecular flexibility index (Phi) is 7.62. The molecule has 1 amide bonds. The van der Waals surface area contributed by atoms with Gasteiger partial charge in [0.15, 0.2) is 0 Å². The van der Waals surface area contributed by atoms with Crippen molar-refractivity contribution in [1.29, 1.82) is 0 Å². The summed E-state index contributed by atoms with van der Waals surface area (Å²) >= 11 is 3.44. The van der Waals surface area contributed by atoms with Gasteiger partial charge in [-0.15, -0.1) is 12.4 Å². The number of amides is 1. The number of hydrogen-bond donors (Lipinski definition) is 2. The van der Waals surface area contributed by atoms with Crippen molar-refractivity contribution in [2.45, 2.75) is 25.0 Å². The van der Waals surface area contributed by atoms with E-state index in [0.717, 1.165) is 28.9 Å². The molecule has 2 rings (SSSR count). The van der Waals surface area contributed by atoms with E-state index in [2.05, 4.69) is 26.6 Å². The third-order valence-corrected chi connectivity index (χ3v) is 4.50. The van der Waals surface area contributed by atoms with E-state index >= 15 is 0 Å². The molecule has 1 fully saturated rings. The van der Waals surface area contributed by atoms with Gasteiger partial charge in [-0.25, -0.2) is 0 Å². The Bertz CT molecular complexity index is 508. The number of halogens is 2. The van der Waals surface area contributed by atoms with E-state index in [-0.39, 0.29) is 18.3 Å². The molecule has 1 aromatic rings. The zero-order chi connectivity index (χ0) is 15.3. The van der Waals surface area contributed by atoms with Gasteiger partial charge < -0.3 is 20.1 Å². The molecule has 1 aliphatic rings. The number of piperidine rings is 1. The summed E-state index contributed by atoms with van der Waals surface area (Å²) in [6.45, 7) is 2.07. The van der Waals surface area contributed by atoms with Crippen molar-refractivity contribution < 1.29 is 14.3 Å². The lowest BCUT2D eigenvalue weighted by Crippen LogP contribution is -2.53. The van der Waals surface area contributed by atoms with Gasteiger partial charge in [-0.05, 0) is 59.6 Å². The Morgan fingerprint density at radius 3 is 2.59 bits per heavy atom. The number of rotatable bonds is 5. The van der Waals surface area contributed by atoms with Crippen LogP contribution in [0.3, 0.4) is 0 Å². The molecule has 0 spiro atoms. The molecule has 0 aromatic heterocycles. The number of methoxy groups -OCH3 is 2. The molecule has 0 unspecified atom stereocenters. The molecule has 2 N–H and O–H groups in total. The van der Waals surface area contributed by atoms with Crippen LogP contribution in [0.25, 0.3) is 0 Å². The van der Waals surface area contributed by atoms with Gasteiger partial charge in [0.05, 0.1) is 11.6 Å². The zero-order valence-electron chi connectivity index (χ0n) is 12.8. The molecule has 1 saturated heterocycles. The lowest BCUT2D eigenvalue weighted by molar-refractivity contribution is -0.146. The normalized spacial score (nSPS) is 16.5. The standard InChI is InChI=1S/C15H21BrN2O3.ClH/c1-20-13-4-3-11(9-12(13)16)10-18-14(19)15(21-2)5-7-17-8-6-15;/h3-4,9,17H,5-8,10H2,1-2H3,(H,18,19);1H. The van der Waals surface area contributed by atoms with Crippen LogP contribution in [-0.2, 0) is 16.1 Å². The van der Waals surface area contributed by atoms with Crippen molar-refractivity contribution in [1.82, 2.24) is 10.6 Å². The van der Waals surface area contributed by atoms with Crippen LogP contribution in [0.15, 0.2) is 22.7 Å². The van der Waals surface area contributed by atoms with Crippen LogP contribution in [0.4, 0.5) is 0 Å². The second kappa shape index (κ2) is 8.72. The molecule has 1 aliphatic heterocycles. The van der Waals surface area contributed by atoms with Gasteiger partial charge in [0.1, 0.15) is 11.4 Å². The van der Waals surface area contributed by atoms with E-state index in [1.807, 2.05) is 18.2 Å². The van der Waals surface area contributed by atoms with E-state index in [1.54, 1.807) is 14.2 Å². The number of hydrogen-bond acceptors (Lipinski definition) is 4. The minimum Gasteiger partial charge on any atom is -0.496 e. The Balaban J connectivity index is 0.00000242. The van der Waals surface area contributed by atoms with Crippen molar-refractivity contribution >= 4 is 34.2 Å². The largest absolute Gasteiger partial charge is 0.496 e. The number of ether oxygens (including phenoxy) is 2. The maximum Gasteiger partial charge on any atom is 0.252 e. The lowest BCUT2D eigenvalue weighted by Gasteiger charge is -2.34. The molecule has 0 aliphatic carbocycles. The molecule has 124 valence electrons. The third kappa shape index (κ3) is 4.35. The van der Waals surface area contributed by atoms with Crippen LogP contribution in [0, 0.1) is 0 Å². The van der Waals surface area contributed by atoms with Crippen LogP contribution >= 0.6 is 28.3 Å². The first kappa shape index (κ1) is 19.2. The second-order valence-corrected chi connectivity index (χ2v) is 5.95. The molecule has 1 aromatic carbocycles. The van der Waals surface area contributed by atoms with Crippen molar-refractivity contribution in [3.05, 3.63) is 28.2 Å². The smallest absolute Gasteiger partial charge is 0.252 e. The van der Waals surface area contributed by atoms with Gasteiger partial charge in [0, 0.05) is 13.7 Å². The fourth-order valence-electron chi connectivity index (χ4n) is 2.52. The highest BCUT2D eigenvalue weighted by molar-refractivity contribution is 9.10. The third-order valence-electron chi connectivity index (χ3n) is 3.89. The van der Waals surface area contributed by atoms with Gasteiger partial charge >= 0.3 is 0 Å². The Morgan fingerprint density at radius 2 is 2.05 bits per heavy atom. The molecule has 22 heavy (non-hydrogen) atoms. The summed E-state index contributed by atoms with van der Waals surface area (Å²) in [6.07, 6.45) is 1.39. The first-order valence-corrected chi connectivity index (χ1v) is 7.77. The van der Waals surface area contributed by atoms with Crippen LogP contribution in [0.5, 0.6) is 5.75 Å². The van der Waals surface area contributed by atoms with Gasteiger partial charge in [0.25, 0.3) is 5.91 Å². The zero-order valence-corrected chi connectivity index (χ0v) is 15.2. The van der Waals surface area contributed by atoms with Gasteiger partial charge in [-0.2, -0.15) is 0 Å². The van der Waals surface area contributed by atoms with E-state index in [0.29, 0.717) is 19.4 Å². The lowest BCUT2D eigenvalue weighted by atomic mass is 9.91. The Labute approximate surface area is 145 Å². The van der Waals surface area contributed by atoms with Crippen LogP contribution in [0.2, 0.25) is 0 Å². The van der Waals surface area contributed by atoms with E-state index in [9.17, 15) is 4.79 Å². The number of carbonyl (C=O) groups excluding carboxylic acids is 1. The van der Waals surface area contributed by atoms with Gasteiger partial charge in [0.2, 0.25) is 0 Å². The minimum absolute atomic E-state index is 0. The monoisotopic (exact) mass is 392 g/mol. The fraction of sp³-hybridized carbons (Fsp3) is 0.533. The molecule has 0 atom stereocenters. The summed E-state index contributed by atoms with van der Waals surface area (Å²) in [4.78, 5) is 12.4. The van der Waals surface area contributed by atoms with Crippen LogP contribution < -0.4 is 15.4 Å². The average Bonchev–Trinajstić information content (AvgIpc) is 2.53. The maximum atomic E-state index is 12.4. The summed E-state index contributed by atoms with van der Waals surface area (Å²) in [6, 6.07) is 5.76. The van der Waals surface area contributed by atoms with Gasteiger partial charge in [-0.3, -0.25) is 4.79 Å². The van der Waals surface area contributed by atoms with Crippen LogP contribution in [0.1, 0.15) is 18.4 Å². The number of nitrogens with one attached hydrogen (secondary N) is 2. The summed E-state index contributed by atoms with van der Waals surface area (Å²) in [5.74, 6) is 0.732.